The zero-order valence-corrected chi connectivity index (χ0v) is 12.5. The molecule has 1 amide bonds. The number of hydrogen-bond acceptors (Lipinski definition) is 5. The van der Waals surface area contributed by atoms with Gasteiger partial charge in [-0.25, -0.2) is 4.68 Å². The van der Waals surface area contributed by atoms with Crippen molar-refractivity contribution in [2.45, 2.75) is 13.0 Å². The predicted octanol–water partition coefficient (Wildman–Crippen LogP) is 1.51. The number of benzene rings is 1. The Morgan fingerprint density at radius 3 is 2.64 bits per heavy atom. The van der Waals surface area contributed by atoms with Gasteiger partial charge in [0.25, 0.3) is 0 Å². The van der Waals surface area contributed by atoms with Gasteiger partial charge in [-0.15, -0.1) is 16.4 Å². The number of primary amides is 1. The second-order valence-corrected chi connectivity index (χ2v) is 5.75. The molecule has 0 unspecified atom stereocenters. The summed E-state index contributed by atoms with van der Waals surface area (Å²) < 4.78 is 1.68. The fourth-order valence-electron chi connectivity index (χ4n) is 2.19. The van der Waals surface area contributed by atoms with Gasteiger partial charge >= 0.3 is 0 Å². The van der Waals surface area contributed by atoms with Crippen molar-refractivity contribution in [3.05, 3.63) is 63.6 Å². The zero-order chi connectivity index (χ0) is 15.5. The first-order valence-corrected chi connectivity index (χ1v) is 7.54. The lowest BCUT2D eigenvalue weighted by Crippen LogP contribution is -2.11. The number of nitrogens with two attached hydrogens (primary N) is 1. The van der Waals surface area contributed by atoms with E-state index in [1.807, 2.05) is 17.5 Å². The van der Waals surface area contributed by atoms with Crippen molar-refractivity contribution >= 4 is 17.2 Å². The van der Waals surface area contributed by atoms with Gasteiger partial charge in [0.1, 0.15) is 5.69 Å². The molecule has 0 fully saturated rings. The Labute approximate surface area is 130 Å². The van der Waals surface area contributed by atoms with Crippen LogP contribution in [0.4, 0.5) is 0 Å². The highest BCUT2D eigenvalue weighted by Crippen LogP contribution is 2.20. The van der Waals surface area contributed by atoms with Gasteiger partial charge < -0.3 is 10.8 Å². The third kappa shape index (κ3) is 2.76. The molecule has 0 saturated carbocycles. The molecular weight excluding hydrogens is 300 g/mol. The standard InChI is InChI=1S/C15H14N4O2S/c16-15(21)10-3-5-11(6-4-10)19-14(13(9-20)17-18-19)8-12-2-1-7-22-12/h1-7,20H,8-9H2,(H2,16,21). The molecule has 0 aliphatic carbocycles. The first-order valence-electron chi connectivity index (χ1n) is 6.66. The van der Waals surface area contributed by atoms with E-state index < -0.39 is 5.91 Å². The van der Waals surface area contributed by atoms with Gasteiger partial charge in [0.2, 0.25) is 5.91 Å². The predicted molar refractivity (Wildman–Crippen MR) is 82.9 cm³/mol. The number of thiophene rings is 1. The van der Waals surface area contributed by atoms with Crippen LogP contribution < -0.4 is 5.73 Å². The molecule has 0 atom stereocenters. The minimum Gasteiger partial charge on any atom is -0.390 e. The lowest BCUT2D eigenvalue weighted by Gasteiger charge is -2.07. The Bertz CT molecular complexity index is 778. The summed E-state index contributed by atoms with van der Waals surface area (Å²) in [4.78, 5) is 12.3. The molecule has 0 aliphatic heterocycles. The Hall–Kier alpha value is -2.51. The molecule has 0 aliphatic rings. The molecule has 3 aromatic rings. The topological polar surface area (TPSA) is 94.0 Å². The fourth-order valence-corrected chi connectivity index (χ4v) is 2.89. The number of hydrogen-bond donors (Lipinski definition) is 2. The van der Waals surface area contributed by atoms with Crippen LogP contribution in [0.25, 0.3) is 5.69 Å². The minimum atomic E-state index is -0.472. The van der Waals surface area contributed by atoms with E-state index in [1.165, 1.54) is 0 Å². The Morgan fingerprint density at radius 2 is 2.05 bits per heavy atom. The molecule has 112 valence electrons. The molecule has 0 saturated heterocycles. The van der Waals surface area contributed by atoms with Crippen LogP contribution in [0, 0.1) is 0 Å². The summed E-state index contributed by atoms with van der Waals surface area (Å²) in [6.07, 6.45) is 0.637. The molecule has 0 bridgehead atoms. The summed E-state index contributed by atoms with van der Waals surface area (Å²) in [5, 5.41) is 19.6. The Balaban J connectivity index is 1.99. The summed E-state index contributed by atoms with van der Waals surface area (Å²) >= 11 is 1.64. The quantitative estimate of drug-likeness (QED) is 0.746. The molecule has 3 rings (SSSR count). The van der Waals surface area contributed by atoms with Crippen molar-refractivity contribution in [3.8, 4) is 5.69 Å². The SMILES string of the molecule is NC(=O)c1ccc(-n2nnc(CO)c2Cc2cccs2)cc1. The molecule has 6 nitrogen and oxygen atoms in total. The van der Waals surface area contributed by atoms with Crippen molar-refractivity contribution in [3.63, 3.8) is 0 Å². The van der Waals surface area contributed by atoms with E-state index in [0.717, 1.165) is 16.3 Å². The monoisotopic (exact) mass is 314 g/mol. The third-order valence-corrected chi connectivity index (χ3v) is 4.19. The van der Waals surface area contributed by atoms with Gasteiger partial charge in [0, 0.05) is 16.9 Å². The molecule has 0 spiro atoms. The van der Waals surface area contributed by atoms with Crippen molar-refractivity contribution in [2.75, 3.05) is 0 Å². The highest BCUT2D eigenvalue weighted by atomic mass is 32.1. The van der Waals surface area contributed by atoms with E-state index in [1.54, 1.807) is 40.3 Å². The zero-order valence-electron chi connectivity index (χ0n) is 11.6. The molecule has 2 aromatic heterocycles. The average Bonchev–Trinajstić information content (AvgIpc) is 3.17. The number of rotatable bonds is 5. The van der Waals surface area contributed by atoms with Gasteiger partial charge in [-0.2, -0.15) is 0 Å². The highest BCUT2D eigenvalue weighted by Gasteiger charge is 2.15. The van der Waals surface area contributed by atoms with E-state index in [9.17, 15) is 9.90 Å². The molecular formula is C15H14N4O2S. The number of amides is 1. The molecule has 22 heavy (non-hydrogen) atoms. The Kier molecular flexibility index (Phi) is 3.99. The first kappa shape index (κ1) is 14.4. The van der Waals surface area contributed by atoms with Crippen LogP contribution in [0.15, 0.2) is 41.8 Å². The van der Waals surface area contributed by atoms with E-state index >= 15 is 0 Å². The number of carbonyl (C=O) groups is 1. The van der Waals surface area contributed by atoms with Crippen LogP contribution in [0.5, 0.6) is 0 Å². The highest BCUT2D eigenvalue weighted by molar-refractivity contribution is 7.09. The fraction of sp³-hybridized carbons (Fsp3) is 0.133. The maximum atomic E-state index is 11.1. The molecule has 0 radical (unpaired) electrons. The number of aliphatic hydroxyl groups excluding tert-OH is 1. The number of aliphatic hydroxyl groups is 1. The number of carbonyl (C=O) groups excluding carboxylic acids is 1. The molecule has 1 aromatic carbocycles. The van der Waals surface area contributed by atoms with Gasteiger partial charge in [-0.1, -0.05) is 11.3 Å². The summed E-state index contributed by atoms with van der Waals surface area (Å²) in [5.41, 5.74) is 7.83. The Morgan fingerprint density at radius 1 is 1.27 bits per heavy atom. The van der Waals surface area contributed by atoms with Crippen LogP contribution in [0.1, 0.15) is 26.6 Å². The van der Waals surface area contributed by atoms with Crippen molar-refractivity contribution in [2.24, 2.45) is 5.73 Å². The third-order valence-electron chi connectivity index (χ3n) is 3.31. The summed E-state index contributed by atoms with van der Waals surface area (Å²) in [5.74, 6) is -0.472. The van der Waals surface area contributed by atoms with Gasteiger partial charge in [0.05, 0.1) is 18.0 Å². The van der Waals surface area contributed by atoms with Crippen LogP contribution in [-0.4, -0.2) is 26.0 Å². The van der Waals surface area contributed by atoms with E-state index in [-0.39, 0.29) is 6.61 Å². The maximum absolute atomic E-state index is 11.1. The van der Waals surface area contributed by atoms with Gasteiger partial charge in [-0.05, 0) is 35.7 Å². The smallest absolute Gasteiger partial charge is 0.248 e. The van der Waals surface area contributed by atoms with E-state index in [4.69, 9.17) is 5.73 Å². The summed E-state index contributed by atoms with van der Waals surface area (Å²) in [7, 11) is 0. The summed E-state index contributed by atoms with van der Waals surface area (Å²) in [6, 6.07) is 10.8. The van der Waals surface area contributed by atoms with Crippen LogP contribution in [0.3, 0.4) is 0 Å². The van der Waals surface area contributed by atoms with E-state index in [2.05, 4.69) is 10.3 Å². The minimum absolute atomic E-state index is 0.167. The normalized spacial score (nSPS) is 10.8. The van der Waals surface area contributed by atoms with Crippen LogP contribution >= 0.6 is 11.3 Å². The number of aromatic nitrogens is 3. The second-order valence-electron chi connectivity index (χ2n) is 4.72. The molecule has 3 N–H and O–H groups in total. The molecule has 7 heteroatoms. The van der Waals surface area contributed by atoms with E-state index in [0.29, 0.717) is 17.7 Å². The largest absolute Gasteiger partial charge is 0.390 e. The average molecular weight is 314 g/mol. The molecule has 2 heterocycles. The maximum Gasteiger partial charge on any atom is 0.248 e. The number of nitrogens with zero attached hydrogens (tertiary/aromatic N) is 3. The van der Waals surface area contributed by atoms with Gasteiger partial charge in [0.15, 0.2) is 0 Å². The lowest BCUT2D eigenvalue weighted by molar-refractivity contribution is 0.100. The van der Waals surface area contributed by atoms with Crippen molar-refractivity contribution in [1.29, 1.82) is 0 Å². The second kappa shape index (κ2) is 6.08. The van der Waals surface area contributed by atoms with Crippen LogP contribution in [-0.2, 0) is 13.0 Å². The van der Waals surface area contributed by atoms with Crippen LogP contribution in [0.2, 0.25) is 0 Å². The van der Waals surface area contributed by atoms with Crippen molar-refractivity contribution < 1.29 is 9.90 Å². The summed E-state index contributed by atoms with van der Waals surface area (Å²) in [6.45, 7) is -0.167. The van der Waals surface area contributed by atoms with Crippen molar-refractivity contribution in [1.82, 2.24) is 15.0 Å². The first-order chi connectivity index (χ1) is 10.7. The van der Waals surface area contributed by atoms with Gasteiger partial charge in [-0.3, -0.25) is 4.79 Å². The lowest BCUT2D eigenvalue weighted by atomic mass is 10.1.